The molecule has 0 amide bonds. The number of nitrogens with zero attached hydrogens (tertiary/aromatic N) is 2. The molecule has 3 nitrogen and oxygen atoms in total. The van der Waals surface area contributed by atoms with Gasteiger partial charge in [-0.15, -0.1) is 0 Å². The lowest BCUT2D eigenvalue weighted by molar-refractivity contribution is -0.664. The molecule has 2 aromatic carbocycles. The SMILES string of the molecule is O=C1CC=Cc2c1nc1ccccc1[n+]2Cc1ccccc1. The average Bonchev–Trinajstić information content (AvgIpc) is 2.57. The quantitative estimate of drug-likeness (QED) is 0.678. The second-order valence-corrected chi connectivity index (χ2v) is 5.44. The maximum absolute atomic E-state index is 12.2. The van der Waals surface area contributed by atoms with Crippen LogP contribution in [0.2, 0.25) is 0 Å². The first-order valence-corrected chi connectivity index (χ1v) is 7.39. The van der Waals surface area contributed by atoms with Crippen LogP contribution in [-0.2, 0) is 6.54 Å². The third-order valence-electron chi connectivity index (χ3n) is 3.96. The highest BCUT2D eigenvalue weighted by Crippen LogP contribution is 2.18. The highest BCUT2D eigenvalue weighted by atomic mass is 16.1. The molecule has 1 aliphatic rings. The van der Waals surface area contributed by atoms with Gasteiger partial charge in [0.25, 0.3) is 0 Å². The van der Waals surface area contributed by atoms with E-state index in [4.69, 9.17) is 0 Å². The van der Waals surface area contributed by atoms with E-state index in [9.17, 15) is 4.79 Å². The summed E-state index contributed by atoms with van der Waals surface area (Å²) in [4.78, 5) is 16.8. The van der Waals surface area contributed by atoms with Crippen LogP contribution in [0.3, 0.4) is 0 Å². The molecule has 1 aliphatic carbocycles. The predicted molar refractivity (Wildman–Crippen MR) is 85.5 cm³/mol. The van der Waals surface area contributed by atoms with Crippen LogP contribution in [0.4, 0.5) is 0 Å². The summed E-state index contributed by atoms with van der Waals surface area (Å²) in [7, 11) is 0. The predicted octanol–water partition coefficient (Wildman–Crippen LogP) is 3.17. The summed E-state index contributed by atoms with van der Waals surface area (Å²) in [6, 6.07) is 18.3. The van der Waals surface area contributed by atoms with Crippen LogP contribution in [-0.4, -0.2) is 10.8 Å². The summed E-state index contributed by atoms with van der Waals surface area (Å²) in [5.74, 6) is 0.0880. The molecule has 0 radical (unpaired) electrons. The summed E-state index contributed by atoms with van der Waals surface area (Å²) in [6.45, 7) is 0.726. The lowest BCUT2D eigenvalue weighted by Gasteiger charge is -2.11. The number of hydrogen-bond acceptors (Lipinski definition) is 2. The molecule has 106 valence electrons. The van der Waals surface area contributed by atoms with Crippen molar-refractivity contribution in [3.63, 3.8) is 0 Å². The Hall–Kier alpha value is -2.81. The zero-order chi connectivity index (χ0) is 14.9. The second-order valence-electron chi connectivity index (χ2n) is 5.44. The number of aromatic nitrogens is 2. The van der Waals surface area contributed by atoms with Gasteiger partial charge in [-0.2, -0.15) is 4.57 Å². The number of carbonyl (C=O) groups excluding carboxylic acids is 1. The molecule has 1 heterocycles. The van der Waals surface area contributed by atoms with Gasteiger partial charge in [0, 0.05) is 24.1 Å². The Bertz CT molecular complexity index is 898. The molecule has 0 spiro atoms. The fourth-order valence-corrected chi connectivity index (χ4v) is 2.91. The number of ketones is 1. The van der Waals surface area contributed by atoms with Crippen molar-refractivity contribution in [3.05, 3.63) is 77.6 Å². The van der Waals surface area contributed by atoms with Crippen molar-refractivity contribution in [2.24, 2.45) is 0 Å². The first-order valence-electron chi connectivity index (χ1n) is 7.39. The molecular weight excluding hydrogens is 272 g/mol. The smallest absolute Gasteiger partial charge is 0.235 e. The van der Waals surface area contributed by atoms with Gasteiger partial charge in [-0.25, -0.2) is 4.98 Å². The number of para-hydroxylation sites is 2. The molecule has 0 fully saturated rings. The molecule has 0 bridgehead atoms. The molecule has 4 rings (SSSR count). The van der Waals surface area contributed by atoms with Crippen LogP contribution in [0.5, 0.6) is 0 Å². The van der Waals surface area contributed by atoms with Crippen LogP contribution < -0.4 is 4.57 Å². The minimum atomic E-state index is 0.0880. The van der Waals surface area contributed by atoms with E-state index in [1.54, 1.807) is 0 Å². The maximum Gasteiger partial charge on any atom is 0.235 e. The summed E-state index contributed by atoms with van der Waals surface area (Å²) >= 11 is 0. The number of allylic oxidation sites excluding steroid dienone is 1. The normalized spacial score (nSPS) is 13.4. The molecule has 22 heavy (non-hydrogen) atoms. The zero-order valence-corrected chi connectivity index (χ0v) is 12.1. The monoisotopic (exact) mass is 287 g/mol. The van der Waals surface area contributed by atoms with Crippen LogP contribution in [0.15, 0.2) is 60.7 Å². The van der Waals surface area contributed by atoms with E-state index in [1.807, 2.05) is 48.6 Å². The van der Waals surface area contributed by atoms with Gasteiger partial charge >= 0.3 is 0 Å². The van der Waals surface area contributed by atoms with Gasteiger partial charge < -0.3 is 0 Å². The van der Waals surface area contributed by atoms with Gasteiger partial charge in [0.15, 0.2) is 18.0 Å². The number of benzene rings is 2. The van der Waals surface area contributed by atoms with E-state index < -0.39 is 0 Å². The Labute approximate surface area is 128 Å². The number of Topliss-reactive ketones (excluding diaryl/α,β-unsaturated/α-hetero) is 1. The van der Waals surface area contributed by atoms with E-state index in [0.29, 0.717) is 12.1 Å². The summed E-state index contributed by atoms with van der Waals surface area (Å²) in [5.41, 5.74) is 4.60. The molecule has 0 unspecified atom stereocenters. The van der Waals surface area contributed by atoms with Crippen molar-refractivity contribution >= 4 is 22.9 Å². The summed E-state index contributed by atoms with van der Waals surface area (Å²) in [6.07, 6.45) is 4.37. The molecule has 0 N–H and O–H groups in total. The van der Waals surface area contributed by atoms with Crippen molar-refractivity contribution in [1.29, 1.82) is 0 Å². The number of carbonyl (C=O) groups is 1. The highest BCUT2D eigenvalue weighted by molar-refractivity contribution is 6.00. The van der Waals surface area contributed by atoms with Gasteiger partial charge in [-0.1, -0.05) is 48.5 Å². The van der Waals surface area contributed by atoms with Crippen LogP contribution in [0.25, 0.3) is 17.1 Å². The second kappa shape index (κ2) is 5.19. The topological polar surface area (TPSA) is 33.8 Å². The van der Waals surface area contributed by atoms with E-state index in [0.717, 1.165) is 23.3 Å². The van der Waals surface area contributed by atoms with Crippen LogP contribution >= 0.6 is 0 Å². The number of hydrogen-bond donors (Lipinski definition) is 0. The van der Waals surface area contributed by atoms with E-state index in [1.165, 1.54) is 5.56 Å². The molecule has 3 aromatic rings. The largest absolute Gasteiger partial charge is 0.292 e. The molecular formula is C19H15N2O+. The number of fused-ring (bicyclic) bond motifs is 2. The van der Waals surface area contributed by atoms with Crippen LogP contribution in [0, 0.1) is 0 Å². The zero-order valence-electron chi connectivity index (χ0n) is 12.1. The van der Waals surface area contributed by atoms with E-state index >= 15 is 0 Å². The lowest BCUT2D eigenvalue weighted by atomic mass is 10.0. The Morgan fingerprint density at radius 1 is 1.00 bits per heavy atom. The Morgan fingerprint density at radius 2 is 1.77 bits per heavy atom. The fraction of sp³-hybridized carbons (Fsp3) is 0.105. The van der Waals surface area contributed by atoms with Crippen molar-refractivity contribution < 1.29 is 9.36 Å². The molecule has 0 saturated carbocycles. The van der Waals surface area contributed by atoms with Crippen molar-refractivity contribution in [3.8, 4) is 0 Å². The Morgan fingerprint density at radius 3 is 2.64 bits per heavy atom. The number of rotatable bonds is 2. The van der Waals surface area contributed by atoms with Crippen molar-refractivity contribution in [1.82, 2.24) is 4.98 Å². The Kier molecular flexibility index (Phi) is 3.04. The third-order valence-corrected chi connectivity index (χ3v) is 3.96. The minimum Gasteiger partial charge on any atom is -0.292 e. The standard InChI is InChI=1S/C19H15N2O/c22-18-12-6-11-17-19(18)20-15-9-4-5-10-16(15)21(17)13-14-7-2-1-3-8-14/h1-11H,12-13H2/q+1. The summed E-state index contributed by atoms with van der Waals surface area (Å²) in [5, 5.41) is 0. The van der Waals surface area contributed by atoms with E-state index in [2.05, 4.69) is 27.8 Å². The van der Waals surface area contributed by atoms with Gasteiger partial charge in [-0.05, 0) is 6.07 Å². The highest BCUT2D eigenvalue weighted by Gasteiger charge is 2.27. The fourth-order valence-electron chi connectivity index (χ4n) is 2.91. The molecule has 0 aliphatic heterocycles. The minimum absolute atomic E-state index is 0.0880. The van der Waals surface area contributed by atoms with Gasteiger partial charge in [0.2, 0.25) is 11.2 Å². The van der Waals surface area contributed by atoms with Gasteiger partial charge in [0.05, 0.1) is 0 Å². The summed E-state index contributed by atoms with van der Waals surface area (Å²) < 4.78 is 2.18. The van der Waals surface area contributed by atoms with Crippen molar-refractivity contribution in [2.45, 2.75) is 13.0 Å². The van der Waals surface area contributed by atoms with Crippen LogP contribution in [0.1, 0.15) is 28.2 Å². The van der Waals surface area contributed by atoms with E-state index in [-0.39, 0.29) is 5.78 Å². The lowest BCUT2D eigenvalue weighted by Crippen LogP contribution is -2.41. The third kappa shape index (κ3) is 2.11. The first-order chi connectivity index (χ1) is 10.8. The molecule has 3 heteroatoms. The molecule has 0 atom stereocenters. The first kappa shape index (κ1) is 12.9. The van der Waals surface area contributed by atoms with Crippen molar-refractivity contribution in [2.75, 3.05) is 0 Å². The molecule has 1 aromatic heterocycles. The van der Waals surface area contributed by atoms with Gasteiger partial charge in [0.1, 0.15) is 5.52 Å². The Balaban J connectivity index is 1.99. The average molecular weight is 287 g/mol. The van der Waals surface area contributed by atoms with Gasteiger partial charge in [-0.3, -0.25) is 4.79 Å². The molecule has 0 saturated heterocycles. The maximum atomic E-state index is 12.2.